The van der Waals surface area contributed by atoms with Crippen molar-refractivity contribution in [2.45, 2.75) is 347 Å². The van der Waals surface area contributed by atoms with E-state index in [1.165, 1.54) is 263 Å². The van der Waals surface area contributed by atoms with E-state index in [0.717, 1.165) is 44.9 Å². The van der Waals surface area contributed by atoms with Gasteiger partial charge in [0.25, 0.3) is 0 Å². The van der Waals surface area contributed by atoms with Gasteiger partial charge in [0.05, 0.1) is 25.4 Å². The molecule has 1 amide bonds. The highest BCUT2D eigenvalue weighted by Crippen LogP contribution is 2.17. The van der Waals surface area contributed by atoms with Gasteiger partial charge < -0.3 is 20.3 Å². The van der Waals surface area contributed by atoms with Crippen molar-refractivity contribution in [1.82, 2.24) is 5.32 Å². The lowest BCUT2D eigenvalue weighted by Crippen LogP contribution is -2.45. The lowest BCUT2D eigenvalue weighted by Gasteiger charge is -2.20. The summed E-state index contributed by atoms with van der Waals surface area (Å²) in [4.78, 5) is 24.5. The Kier molecular flexibility index (Phi) is 56.5. The minimum Gasteiger partial charge on any atom is -0.466 e. The zero-order chi connectivity index (χ0) is 49.3. The van der Waals surface area contributed by atoms with Gasteiger partial charge in [-0.2, -0.15) is 0 Å². The summed E-state index contributed by atoms with van der Waals surface area (Å²) < 4.78 is 5.48. The molecule has 0 radical (unpaired) electrons. The second-order valence-corrected chi connectivity index (χ2v) is 21.0. The molecule has 0 saturated heterocycles. The largest absolute Gasteiger partial charge is 0.466 e. The number of esters is 1. The van der Waals surface area contributed by atoms with E-state index in [1.807, 2.05) is 6.08 Å². The molecule has 0 rings (SSSR count). The van der Waals surface area contributed by atoms with Crippen molar-refractivity contribution in [3.05, 3.63) is 24.3 Å². The Hall–Kier alpha value is -1.66. The number of rotatable bonds is 57. The van der Waals surface area contributed by atoms with Crippen molar-refractivity contribution >= 4 is 11.9 Å². The summed E-state index contributed by atoms with van der Waals surface area (Å²) in [7, 11) is 0. The van der Waals surface area contributed by atoms with Crippen LogP contribution in [0.3, 0.4) is 0 Å². The topological polar surface area (TPSA) is 95.9 Å². The number of carbonyl (C=O) groups is 2. The van der Waals surface area contributed by atoms with Crippen LogP contribution in [0.15, 0.2) is 24.3 Å². The maximum Gasteiger partial charge on any atom is 0.305 e. The molecule has 0 heterocycles. The van der Waals surface area contributed by atoms with Gasteiger partial charge in [-0.15, -0.1) is 0 Å². The molecule has 0 aliphatic heterocycles. The summed E-state index contributed by atoms with van der Waals surface area (Å²) in [5, 5.41) is 23.2. The van der Waals surface area contributed by atoms with Gasteiger partial charge in [-0.1, -0.05) is 289 Å². The molecule has 2 unspecified atom stereocenters. The van der Waals surface area contributed by atoms with Crippen molar-refractivity contribution in [3.63, 3.8) is 0 Å². The second-order valence-electron chi connectivity index (χ2n) is 21.0. The van der Waals surface area contributed by atoms with Gasteiger partial charge in [-0.05, 0) is 57.8 Å². The van der Waals surface area contributed by atoms with E-state index in [0.29, 0.717) is 19.4 Å². The van der Waals surface area contributed by atoms with Gasteiger partial charge >= 0.3 is 5.97 Å². The average Bonchev–Trinajstić information content (AvgIpc) is 3.34. The van der Waals surface area contributed by atoms with Gasteiger partial charge in [0.2, 0.25) is 5.91 Å². The number of unbranched alkanes of at least 4 members (excludes halogenated alkanes) is 44. The number of amides is 1. The molecule has 0 bridgehead atoms. The summed E-state index contributed by atoms with van der Waals surface area (Å²) >= 11 is 0. The van der Waals surface area contributed by atoms with Crippen LogP contribution in [-0.2, 0) is 14.3 Å². The highest BCUT2D eigenvalue weighted by molar-refractivity contribution is 5.76. The first-order valence-corrected chi connectivity index (χ1v) is 30.6. The highest BCUT2D eigenvalue weighted by atomic mass is 16.5. The van der Waals surface area contributed by atoms with Crippen molar-refractivity contribution in [3.8, 4) is 0 Å². The number of aliphatic hydroxyl groups excluding tert-OH is 2. The van der Waals surface area contributed by atoms with Crippen molar-refractivity contribution in [2.75, 3.05) is 13.2 Å². The summed E-state index contributed by atoms with van der Waals surface area (Å²) in [6, 6.07) is -0.634. The minimum absolute atomic E-state index is 0.00521. The van der Waals surface area contributed by atoms with Crippen LogP contribution in [0.2, 0.25) is 0 Å². The summed E-state index contributed by atoms with van der Waals surface area (Å²) in [6.45, 7) is 4.90. The molecule has 0 aromatic carbocycles. The number of allylic oxidation sites excluding steroid dienone is 3. The maximum atomic E-state index is 12.5. The fourth-order valence-corrected chi connectivity index (χ4v) is 9.51. The number of hydrogen-bond donors (Lipinski definition) is 3. The molecular weight excluding hydrogens is 839 g/mol. The summed E-state index contributed by atoms with van der Waals surface area (Å²) in [5.41, 5.74) is 0. The SMILES string of the molecule is CCCCCCCC/C=C\CCCCCCCC(=O)OCCCCCCCCCCCCCCCCCCC(=O)NC(CO)C(O)/C=C/CCCCCCCCCCCCCCCCCCCC. The van der Waals surface area contributed by atoms with E-state index in [-0.39, 0.29) is 18.5 Å². The molecule has 6 nitrogen and oxygen atoms in total. The lowest BCUT2D eigenvalue weighted by molar-refractivity contribution is -0.143. The molecule has 402 valence electrons. The van der Waals surface area contributed by atoms with Crippen LogP contribution < -0.4 is 5.32 Å². The van der Waals surface area contributed by atoms with E-state index in [9.17, 15) is 19.8 Å². The number of ether oxygens (including phenoxy) is 1. The Morgan fingerprint density at radius 3 is 1.04 bits per heavy atom. The van der Waals surface area contributed by atoms with E-state index in [4.69, 9.17) is 4.74 Å². The predicted octanol–water partition coefficient (Wildman–Crippen LogP) is 19.0. The van der Waals surface area contributed by atoms with E-state index in [2.05, 4.69) is 31.3 Å². The Bertz CT molecular complexity index is 1060. The third kappa shape index (κ3) is 53.7. The quantitative estimate of drug-likeness (QED) is 0.0321. The zero-order valence-corrected chi connectivity index (χ0v) is 45.9. The molecule has 0 aliphatic carbocycles. The van der Waals surface area contributed by atoms with E-state index < -0.39 is 12.1 Å². The van der Waals surface area contributed by atoms with Crippen LogP contribution in [0.5, 0.6) is 0 Å². The molecule has 3 N–H and O–H groups in total. The van der Waals surface area contributed by atoms with Crippen LogP contribution in [0, 0.1) is 0 Å². The number of nitrogens with one attached hydrogen (secondary N) is 1. The van der Waals surface area contributed by atoms with Crippen LogP contribution in [0.1, 0.15) is 335 Å². The van der Waals surface area contributed by atoms with Crippen LogP contribution >= 0.6 is 0 Å². The lowest BCUT2D eigenvalue weighted by atomic mass is 10.0. The summed E-state index contributed by atoms with van der Waals surface area (Å²) in [6.07, 6.45) is 70.6. The molecule has 6 heteroatoms. The minimum atomic E-state index is -0.850. The molecule has 0 saturated carbocycles. The predicted molar refractivity (Wildman–Crippen MR) is 296 cm³/mol. The molecule has 68 heavy (non-hydrogen) atoms. The molecule has 0 aromatic heterocycles. The molecule has 0 spiro atoms. The first kappa shape index (κ1) is 66.3. The van der Waals surface area contributed by atoms with Crippen LogP contribution in [-0.4, -0.2) is 47.4 Å². The Balaban J connectivity index is 3.45. The number of hydrogen-bond acceptors (Lipinski definition) is 5. The Morgan fingerprint density at radius 1 is 0.397 bits per heavy atom. The molecule has 0 aliphatic rings. The normalized spacial score (nSPS) is 12.7. The van der Waals surface area contributed by atoms with Gasteiger partial charge in [0.15, 0.2) is 0 Å². The Morgan fingerprint density at radius 2 is 0.691 bits per heavy atom. The van der Waals surface area contributed by atoms with E-state index >= 15 is 0 Å². The number of aliphatic hydroxyl groups is 2. The first-order chi connectivity index (χ1) is 33.5. The Labute approximate surface area is 424 Å². The average molecular weight is 959 g/mol. The van der Waals surface area contributed by atoms with Crippen LogP contribution in [0.4, 0.5) is 0 Å². The second kappa shape index (κ2) is 57.9. The molecule has 0 fully saturated rings. The van der Waals surface area contributed by atoms with Crippen molar-refractivity contribution in [2.24, 2.45) is 0 Å². The fraction of sp³-hybridized carbons (Fsp3) is 0.903. The highest BCUT2D eigenvalue weighted by Gasteiger charge is 2.18. The first-order valence-electron chi connectivity index (χ1n) is 30.6. The van der Waals surface area contributed by atoms with Crippen molar-refractivity contribution < 1.29 is 24.5 Å². The fourth-order valence-electron chi connectivity index (χ4n) is 9.51. The maximum absolute atomic E-state index is 12.5. The van der Waals surface area contributed by atoms with Gasteiger partial charge in [-0.25, -0.2) is 0 Å². The van der Waals surface area contributed by atoms with Gasteiger partial charge in [-0.3, -0.25) is 9.59 Å². The third-order valence-corrected chi connectivity index (χ3v) is 14.2. The zero-order valence-electron chi connectivity index (χ0n) is 45.9. The van der Waals surface area contributed by atoms with E-state index in [1.54, 1.807) is 6.08 Å². The molecule has 2 atom stereocenters. The standard InChI is InChI=1S/C62H119NO5/c1-3-5-7-9-11-13-15-17-19-20-21-22-23-27-30-34-38-42-46-50-54-60(65)59(58-64)63-61(66)55-51-47-43-39-35-31-28-24-25-29-33-37-41-45-49-53-57-68-62(67)56-52-48-44-40-36-32-26-18-16-14-12-10-8-6-4-2/h18,26,50,54,59-60,64-65H,3-17,19-25,27-49,51-53,55-58H2,1-2H3,(H,63,66)/b26-18-,54-50+. The smallest absolute Gasteiger partial charge is 0.305 e. The summed E-state index contributed by atoms with van der Waals surface area (Å²) in [5.74, 6) is -0.0774. The third-order valence-electron chi connectivity index (χ3n) is 14.2. The van der Waals surface area contributed by atoms with Gasteiger partial charge in [0, 0.05) is 12.8 Å². The number of carbonyl (C=O) groups excluding carboxylic acids is 2. The molecule has 0 aromatic rings. The van der Waals surface area contributed by atoms with Gasteiger partial charge in [0.1, 0.15) is 0 Å². The monoisotopic (exact) mass is 958 g/mol. The van der Waals surface area contributed by atoms with Crippen LogP contribution in [0.25, 0.3) is 0 Å². The van der Waals surface area contributed by atoms with Crippen molar-refractivity contribution in [1.29, 1.82) is 0 Å². The molecular formula is C62H119NO5.